The Morgan fingerprint density at radius 1 is 1.33 bits per heavy atom. The van der Waals surface area contributed by atoms with E-state index in [9.17, 15) is 9.18 Å². The van der Waals surface area contributed by atoms with E-state index < -0.39 is 0 Å². The molecule has 1 amide bonds. The summed E-state index contributed by atoms with van der Waals surface area (Å²) >= 11 is 0. The Kier molecular flexibility index (Phi) is 4.83. The summed E-state index contributed by atoms with van der Waals surface area (Å²) in [5.41, 5.74) is 2.85. The first kappa shape index (κ1) is 17.6. The monoisotopic (exact) mass is 367 g/mol. The van der Waals surface area contributed by atoms with Gasteiger partial charge in [-0.2, -0.15) is 0 Å². The van der Waals surface area contributed by atoms with Gasteiger partial charge in [0.05, 0.1) is 5.56 Å². The van der Waals surface area contributed by atoms with Crippen LogP contribution in [-0.4, -0.2) is 43.9 Å². The first-order valence-electron chi connectivity index (χ1n) is 9.29. The van der Waals surface area contributed by atoms with E-state index in [1.54, 1.807) is 36.1 Å². The SMILES string of the molecule is Cn1nnc2cc(C(=O)N3CCC[C@H](CCc4cccc(F)c4)C3)cnc21. The summed E-state index contributed by atoms with van der Waals surface area (Å²) in [6.45, 7) is 1.49. The molecule has 1 fully saturated rings. The summed E-state index contributed by atoms with van der Waals surface area (Å²) in [4.78, 5) is 19.1. The van der Waals surface area contributed by atoms with Gasteiger partial charge >= 0.3 is 0 Å². The number of hydrogen-bond donors (Lipinski definition) is 0. The summed E-state index contributed by atoms with van der Waals surface area (Å²) in [7, 11) is 1.78. The van der Waals surface area contributed by atoms with Gasteiger partial charge in [-0.25, -0.2) is 14.1 Å². The summed E-state index contributed by atoms with van der Waals surface area (Å²) in [6.07, 6.45) is 5.47. The number of hydrogen-bond acceptors (Lipinski definition) is 4. The molecule has 140 valence electrons. The number of halogens is 1. The highest BCUT2D eigenvalue weighted by Crippen LogP contribution is 2.23. The molecule has 4 rings (SSSR count). The van der Waals surface area contributed by atoms with Crippen LogP contribution in [0, 0.1) is 11.7 Å². The van der Waals surface area contributed by atoms with E-state index in [1.807, 2.05) is 11.0 Å². The number of fused-ring (bicyclic) bond motifs is 1. The molecule has 1 aliphatic rings. The van der Waals surface area contributed by atoms with Crippen LogP contribution < -0.4 is 0 Å². The predicted molar refractivity (Wildman–Crippen MR) is 99.7 cm³/mol. The average Bonchev–Trinajstić information content (AvgIpc) is 3.06. The third-order valence-electron chi connectivity index (χ3n) is 5.22. The van der Waals surface area contributed by atoms with Crippen LogP contribution >= 0.6 is 0 Å². The number of nitrogens with zero attached hydrogens (tertiary/aromatic N) is 5. The third kappa shape index (κ3) is 3.82. The molecule has 6 nitrogen and oxygen atoms in total. The minimum Gasteiger partial charge on any atom is -0.338 e. The topological polar surface area (TPSA) is 63.9 Å². The maximum atomic E-state index is 13.3. The number of benzene rings is 1. The Morgan fingerprint density at radius 3 is 3.07 bits per heavy atom. The van der Waals surface area contributed by atoms with Gasteiger partial charge in [-0.15, -0.1) is 5.10 Å². The minimum absolute atomic E-state index is 0.00879. The van der Waals surface area contributed by atoms with E-state index >= 15 is 0 Å². The van der Waals surface area contributed by atoms with E-state index in [0.717, 1.165) is 44.3 Å². The van der Waals surface area contributed by atoms with E-state index in [4.69, 9.17) is 0 Å². The zero-order chi connectivity index (χ0) is 18.8. The molecule has 0 N–H and O–H groups in total. The fourth-order valence-electron chi connectivity index (χ4n) is 3.77. The molecule has 1 aromatic carbocycles. The molecule has 0 spiro atoms. The molecule has 0 bridgehead atoms. The number of likely N-dealkylation sites (tertiary alicyclic amines) is 1. The van der Waals surface area contributed by atoms with Gasteiger partial charge in [0.25, 0.3) is 5.91 Å². The number of carbonyl (C=O) groups is 1. The number of piperidine rings is 1. The number of aromatic nitrogens is 4. The minimum atomic E-state index is -0.195. The van der Waals surface area contributed by atoms with Crippen LogP contribution in [-0.2, 0) is 13.5 Å². The van der Waals surface area contributed by atoms with Gasteiger partial charge < -0.3 is 4.90 Å². The van der Waals surface area contributed by atoms with Gasteiger partial charge in [0.2, 0.25) is 0 Å². The second-order valence-electron chi connectivity index (χ2n) is 7.21. The molecule has 7 heteroatoms. The highest BCUT2D eigenvalue weighted by Gasteiger charge is 2.25. The third-order valence-corrected chi connectivity index (χ3v) is 5.22. The van der Waals surface area contributed by atoms with Crippen molar-refractivity contribution in [3.8, 4) is 0 Å². The zero-order valence-corrected chi connectivity index (χ0v) is 15.3. The Labute approximate surface area is 157 Å². The predicted octanol–water partition coefficient (Wildman–Crippen LogP) is 2.99. The Bertz CT molecular complexity index is 970. The standard InChI is InChI=1S/C20H22FN5O/c1-25-19-18(23-24-25)11-16(12-22-19)20(27)26-9-3-5-15(13-26)8-7-14-4-2-6-17(21)10-14/h2,4,6,10-12,15H,3,5,7-9,13H2,1H3/t15-/m1/s1. The first-order valence-corrected chi connectivity index (χ1v) is 9.29. The number of amides is 1. The number of pyridine rings is 1. The van der Waals surface area contributed by atoms with Crippen molar-refractivity contribution >= 4 is 17.1 Å². The van der Waals surface area contributed by atoms with Crippen LogP contribution in [0.15, 0.2) is 36.5 Å². The van der Waals surface area contributed by atoms with Crippen LogP contribution in [0.4, 0.5) is 4.39 Å². The second kappa shape index (κ2) is 7.42. The maximum Gasteiger partial charge on any atom is 0.255 e. The average molecular weight is 367 g/mol. The lowest BCUT2D eigenvalue weighted by Gasteiger charge is -2.33. The highest BCUT2D eigenvalue weighted by molar-refractivity contribution is 5.96. The van der Waals surface area contributed by atoms with Crippen LogP contribution in [0.25, 0.3) is 11.2 Å². The largest absolute Gasteiger partial charge is 0.338 e. The fourth-order valence-corrected chi connectivity index (χ4v) is 3.77. The molecular weight excluding hydrogens is 345 g/mol. The van der Waals surface area contributed by atoms with Gasteiger partial charge in [0.1, 0.15) is 11.3 Å². The number of rotatable bonds is 4. The van der Waals surface area contributed by atoms with Crippen molar-refractivity contribution in [3.63, 3.8) is 0 Å². The number of carbonyl (C=O) groups excluding carboxylic acids is 1. The van der Waals surface area contributed by atoms with Crippen LogP contribution in [0.5, 0.6) is 0 Å². The Morgan fingerprint density at radius 2 is 2.22 bits per heavy atom. The molecule has 1 atom stereocenters. The normalized spacial score (nSPS) is 17.4. The maximum absolute atomic E-state index is 13.3. The van der Waals surface area contributed by atoms with Gasteiger partial charge in [0.15, 0.2) is 5.65 Å². The Balaban J connectivity index is 1.41. The fraction of sp³-hybridized carbons (Fsp3) is 0.400. The number of aryl methyl sites for hydroxylation is 2. The lowest BCUT2D eigenvalue weighted by molar-refractivity contribution is 0.0668. The van der Waals surface area contributed by atoms with Crippen molar-refractivity contribution in [1.82, 2.24) is 24.9 Å². The van der Waals surface area contributed by atoms with Crippen molar-refractivity contribution < 1.29 is 9.18 Å². The molecule has 0 unspecified atom stereocenters. The molecular formula is C20H22FN5O. The molecule has 1 aliphatic heterocycles. The highest BCUT2D eigenvalue weighted by atomic mass is 19.1. The molecule has 3 aromatic rings. The van der Waals surface area contributed by atoms with Gasteiger partial charge in [0, 0.05) is 26.3 Å². The van der Waals surface area contributed by atoms with Crippen molar-refractivity contribution in [2.45, 2.75) is 25.7 Å². The summed E-state index contributed by atoms with van der Waals surface area (Å²) < 4.78 is 14.9. The first-order chi connectivity index (χ1) is 13.1. The lowest BCUT2D eigenvalue weighted by Crippen LogP contribution is -2.40. The van der Waals surface area contributed by atoms with Crippen LogP contribution in [0.2, 0.25) is 0 Å². The van der Waals surface area contributed by atoms with E-state index in [2.05, 4.69) is 15.3 Å². The molecule has 2 aromatic heterocycles. The molecule has 0 aliphatic carbocycles. The molecule has 1 saturated heterocycles. The Hall–Kier alpha value is -2.83. The molecule has 0 saturated carbocycles. The van der Waals surface area contributed by atoms with Gasteiger partial charge in [-0.1, -0.05) is 17.3 Å². The van der Waals surface area contributed by atoms with E-state index in [1.165, 1.54) is 6.07 Å². The second-order valence-corrected chi connectivity index (χ2v) is 7.21. The zero-order valence-electron chi connectivity index (χ0n) is 15.3. The van der Waals surface area contributed by atoms with Crippen LogP contribution in [0.3, 0.4) is 0 Å². The summed E-state index contributed by atoms with van der Waals surface area (Å²) in [6, 6.07) is 8.52. The van der Waals surface area contributed by atoms with E-state index in [0.29, 0.717) is 22.6 Å². The van der Waals surface area contributed by atoms with Gasteiger partial charge in [-0.05, 0) is 55.4 Å². The van der Waals surface area contributed by atoms with Crippen molar-refractivity contribution in [2.75, 3.05) is 13.1 Å². The van der Waals surface area contributed by atoms with Crippen molar-refractivity contribution in [3.05, 3.63) is 53.5 Å². The lowest BCUT2D eigenvalue weighted by atomic mass is 9.91. The van der Waals surface area contributed by atoms with Gasteiger partial charge in [-0.3, -0.25) is 4.79 Å². The molecule has 0 radical (unpaired) electrons. The smallest absolute Gasteiger partial charge is 0.255 e. The summed E-state index contributed by atoms with van der Waals surface area (Å²) in [5, 5.41) is 7.97. The molecule has 27 heavy (non-hydrogen) atoms. The quantitative estimate of drug-likeness (QED) is 0.711. The summed E-state index contributed by atoms with van der Waals surface area (Å²) in [5.74, 6) is 0.226. The van der Waals surface area contributed by atoms with E-state index in [-0.39, 0.29) is 11.7 Å². The molecule has 3 heterocycles. The van der Waals surface area contributed by atoms with Crippen molar-refractivity contribution in [1.29, 1.82) is 0 Å². The van der Waals surface area contributed by atoms with Crippen LogP contribution in [0.1, 0.15) is 35.2 Å². The van der Waals surface area contributed by atoms with Crippen molar-refractivity contribution in [2.24, 2.45) is 13.0 Å².